The van der Waals surface area contributed by atoms with Crippen LogP contribution in [-0.2, 0) is 6.42 Å². The van der Waals surface area contributed by atoms with E-state index >= 15 is 0 Å². The van der Waals surface area contributed by atoms with Crippen LogP contribution in [0.25, 0.3) is 0 Å². The van der Waals surface area contributed by atoms with Gasteiger partial charge in [-0.1, -0.05) is 0 Å². The van der Waals surface area contributed by atoms with Crippen LogP contribution in [0.4, 0.5) is 0 Å². The van der Waals surface area contributed by atoms with E-state index in [2.05, 4.69) is 27.0 Å². The molecule has 1 aliphatic rings. The molecule has 0 saturated heterocycles. The van der Waals surface area contributed by atoms with E-state index < -0.39 is 0 Å². The monoisotopic (exact) mass is 226 g/mol. The molecule has 1 atom stereocenters. The Labute approximate surface area is 80.3 Å². The molecule has 0 amide bonds. The quantitative estimate of drug-likeness (QED) is 0.737. The van der Waals surface area contributed by atoms with Gasteiger partial charge in [-0.25, -0.2) is 0 Å². The second-order valence-electron chi connectivity index (χ2n) is 3.20. The van der Waals surface area contributed by atoms with Crippen LogP contribution >= 0.6 is 15.9 Å². The van der Waals surface area contributed by atoms with Gasteiger partial charge in [0.15, 0.2) is 0 Å². The van der Waals surface area contributed by atoms with Crippen molar-refractivity contribution in [2.75, 3.05) is 0 Å². The summed E-state index contributed by atoms with van der Waals surface area (Å²) in [5.41, 5.74) is 8.31. The maximum Gasteiger partial charge on any atom is 0.0603 e. The number of aryl methyl sites for hydroxylation is 1. The molecule has 64 valence electrons. The molecular weight excluding hydrogens is 216 g/mol. The Kier molecular flexibility index (Phi) is 2.15. The standard InChI is InChI=1S/C9H11BrN2/c10-7-4-6-2-1-3-8(11)9(6)12-5-7/h4-5,8H,1-3,11H2/t8-/m0/s1. The van der Waals surface area contributed by atoms with Crippen LogP contribution in [0.1, 0.15) is 30.1 Å². The van der Waals surface area contributed by atoms with E-state index in [1.807, 2.05) is 6.20 Å². The third-order valence-corrected chi connectivity index (χ3v) is 2.71. The molecule has 0 aliphatic heterocycles. The van der Waals surface area contributed by atoms with Gasteiger partial charge in [-0.3, -0.25) is 4.98 Å². The first-order valence-electron chi connectivity index (χ1n) is 4.17. The van der Waals surface area contributed by atoms with E-state index in [1.165, 1.54) is 12.0 Å². The summed E-state index contributed by atoms with van der Waals surface area (Å²) in [4.78, 5) is 4.33. The van der Waals surface area contributed by atoms with Gasteiger partial charge in [0.1, 0.15) is 0 Å². The molecule has 1 aromatic rings. The number of nitrogens with two attached hydrogens (primary N) is 1. The molecule has 3 heteroatoms. The van der Waals surface area contributed by atoms with Gasteiger partial charge in [-0.05, 0) is 46.8 Å². The maximum atomic E-state index is 5.92. The average molecular weight is 227 g/mol. The lowest BCUT2D eigenvalue weighted by Crippen LogP contribution is -2.18. The fraction of sp³-hybridized carbons (Fsp3) is 0.444. The minimum Gasteiger partial charge on any atom is -0.323 e. The topological polar surface area (TPSA) is 38.9 Å². The van der Waals surface area contributed by atoms with E-state index in [0.717, 1.165) is 23.0 Å². The van der Waals surface area contributed by atoms with Gasteiger partial charge in [0.2, 0.25) is 0 Å². The Morgan fingerprint density at radius 1 is 1.58 bits per heavy atom. The first-order valence-corrected chi connectivity index (χ1v) is 4.96. The van der Waals surface area contributed by atoms with Crippen molar-refractivity contribution in [3.8, 4) is 0 Å². The van der Waals surface area contributed by atoms with Gasteiger partial charge in [0, 0.05) is 16.7 Å². The Morgan fingerprint density at radius 2 is 2.42 bits per heavy atom. The van der Waals surface area contributed by atoms with Crippen molar-refractivity contribution >= 4 is 15.9 Å². The van der Waals surface area contributed by atoms with Crippen LogP contribution < -0.4 is 5.73 Å². The van der Waals surface area contributed by atoms with Crippen molar-refractivity contribution in [2.24, 2.45) is 5.73 Å². The number of hydrogen-bond acceptors (Lipinski definition) is 2. The Balaban J connectivity index is 2.46. The molecule has 0 aromatic carbocycles. The predicted octanol–water partition coefficient (Wildman–Crippen LogP) is 2.18. The van der Waals surface area contributed by atoms with Gasteiger partial charge in [-0.2, -0.15) is 0 Å². The zero-order valence-electron chi connectivity index (χ0n) is 6.76. The van der Waals surface area contributed by atoms with E-state index in [-0.39, 0.29) is 6.04 Å². The molecule has 0 saturated carbocycles. The van der Waals surface area contributed by atoms with Crippen LogP contribution in [0.5, 0.6) is 0 Å². The number of rotatable bonds is 0. The summed E-state index contributed by atoms with van der Waals surface area (Å²) in [6, 6.07) is 2.28. The highest BCUT2D eigenvalue weighted by molar-refractivity contribution is 9.10. The number of nitrogens with zero attached hydrogens (tertiary/aromatic N) is 1. The zero-order chi connectivity index (χ0) is 8.55. The first-order chi connectivity index (χ1) is 5.77. The van der Waals surface area contributed by atoms with Gasteiger partial charge < -0.3 is 5.73 Å². The molecule has 2 rings (SSSR count). The molecule has 12 heavy (non-hydrogen) atoms. The minimum atomic E-state index is 0.154. The number of fused-ring (bicyclic) bond motifs is 1. The highest BCUT2D eigenvalue weighted by Crippen LogP contribution is 2.27. The summed E-state index contributed by atoms with van der Waals surface area (Å²) in [6.07, 6.45) is 5.20. The lowest BCUT2D eigenvalue weighted by Gasteiger charge is -2.20. The van der Waals surface area contributed by atoms with Crippen molar-refractivity contribution in [3.63, 3.8) is 0 Å². The van der Waals surface area contributed by atoms with E-state index in [9.17, 15) is 0 Å². The normalized spacial score (nSPS) is 22.0. The second kappa shape index (κ2) is 3.15. The molecule has 0 spiro atoms. The molecule has 1 aromatic heterocycles. The second-order valence-corrected chi connectivity index (χ2v) is 4.11. The van der Waals surface area contributed by atoms with Crippen LogP contribution in [0.3, 0.4) is 0 Å². The van der Waals surface area contributed by atoms with Crippen molar-refractivity contribution in [1.29, 1.82) is 0 Å². The molecule has 1 aliphatic carbocycles. The molecule has 0 fully saturated rings. The van der Waals surface area contributed by atoms with Crippen LogP contribution in [-0.4, -0.2) is 4.98 Å². The Hall–Kier alpha value is -0.410. The smallest absolute Gasteiger partial charge is 0.0603 e. The summed E-state index contributed by atoms with van der Waals surface area (Å²) in [5.74, 6) is 0. The summed E-state index contributed by atoms with van der Waals surface area (Å²) >= 11 is 3.41. The lowest BCUT2D eigenvalue weighted by atomic mass is 9.93. The van der Waals surface area contributed by atoms with Crippen molar-refractivity contribution in [1.82, 2.24) is 4.98 Å². The molecule has 0 unspecified atom stereocenters. The average Bonchev–Trinajstić information content (AvgIpc) is 2.04. The zero-order valence-corrected chi connectivity index (χ0v) is 8.34. The van der Waals surface area contributed by atoms with Crippen LogP contribution in [0, 0.1) is 0 Å². The molecule has 0 radical (unpaired) electrons. The highest BCUT2D eigenvalue weighted by atomic mass is 79.9. The number of aromatic nitrogens is 1. The van der Waals surface area contributed by atoms with Gasteiger partial charge >= 0.3 is 0 Å². The number of pyridine rings is 1. The number of hydrogen-bond donors (Lipinski definition) is 1. The van der Waals surface area contributed by atoms with E-state index in [4.69, 9.17) is 5.73 Å². The SMILES string of the molecule is N[C@H]1CCCc2cc(Br)cnc21. The van der Waals surface area contributed by atoms with Gasteiger partial charge in [0.05, 0.1) is 5.69 Å². The van der Waals surface area contributed by atoms with Crippen LogP contribution in [0.15, 0.2) is 16.7 Å². The van der Waals surface area contributed by atoms with Crippen molar-refractivity contribution in [3.05, 3.63) is 28.0 Å². The predicted molar refractivity (Wildman–Crippen MR) is 51.8 cm³/mol. The molecule has 1 heterocycles. The summed E-state index contributed by atoms with van der Waals surface area (Å²) < 4.78 is 1.05. The Bertz CT molecular complexity index is 299. The van der Waals surface area contributed by atoms with E-state index in [1.54, 1.807) is 0 Å². The molecule has 0 bridgehead atoms. The summed E-state index contributed by atoms with van der Waals surface area (Å²) in [7, 11) is 0. The molecular formula is C9H11BrN2. The van der Waals surface area contributed by atoms with E-state index in [0.29, 0.717) is 0 Å². The minimum absolute atomic E-state index is 0.154. The third-order valence-electron chi connectivity index (χ3n) is 2.28. The number of halogens is 1. The lowest BCUT2D eigenvalue weighted by molar-refractivity contribution is 0.553. The summed E-state index contributed by atoms with van der Waals surface area (Å²) in [6.45, 7) is 0. The van der Waals surface area contributed by atoms with Gasteiger partial charge in [0.25, 0.3) is 0 Å². The van der Waals surface area contributed by atoms with Crippen molar-refractivity contribution < 1.29 is 0 Å². The largest absolute Gasteiger partial charge is 0.323 e. The molecule has 2 N–H and O–H groups in total. The first kappa shape index (κ1) is 8.20. The third kappa shape index (κ3) is 1.39. The fourth-order valence-electron chi connectivity index (χ4n) is 1.68. The fourth-order valence-corrected chi connectivity index (χ4v) is 2.05. The Morgan fingerprint density at radius 3 is 3.25 bits per heavy atom. The van der Waals surface area contributed by atoms with Crippen molar-refractivity contribution in [2.45, 2.75) is 25.3 Å². The maximum absolute atomic E-state index is 5.92. The molecule has 2 nitrogen and oxygen atoms in total. The highest BCUT2D eigenvalue weighted by Gasteiger charge is 2.17. The van der Waals surface area contributed by atoms with Crippen LogP contribution in [0.2, 0.25) is 0 Å². The van der Waals surface area contributed by atoms with Gasteiger partial charge in [-0.15, -0.1) is 0 Å². The summed E-state index contributed by atoms with van der Waals surface area (Å²) in [5, 5.41) is 0.